The third kappa shape index (κ3) is 1.14. The average molecular weight is 191 g/mol. The number of nitro benzene ring substituents is 1. The van der Waals surface area contributed by atoms with Gasteiger partial charge in [-0.05, 0) is 5.56 Å². The van der Waals surface area contributed by atoms with Gasteiger partial charge in [0.15, 0.2) is 0 Å². The molecule has 1 aromatic heterocycles. The van der Waals surface area contributed by atoms with Crippen LogP contribution in [0.2, 0.25) is 0 Å². The second-order valence-corrected chi connectivity index (χ2v) is 2.97. The smallest absolute Gasteiger partial charge is 0.293 e. The van der Waals surface area contributed by atoms with Crippen molar-refractivity contribution in [3.05, 3.63) is 40.1 Å². The molecule has 2 rings (SSSR count). The van der Waals surface area contributed by atoms with Crippen molar-refractivity contribution in [3.8, 4) is 0 Å². The van der Waals surface area contributed by atoms with Crippen LogP contribution < -0.4 is 5.73 Å². The summed E-state index contributed by atoms with van der Waals surface area (Å²) in [5.74, 6) is 0. The molecule has 0 amide bonds. The van der Waals surface area contributed by atoms with Crippen molar-refractivity contribution in [3.63, 3.8) is 0 Å². The molecule has 0 bridgehead atoms. The molecule has 72 valence electrons. The Morgan fingerprint density at radius 2 is 2.29 bits per heavy atom. The van der Waals surface area contributed by atoms with Crippen molar-refractivity contribution < 1.29 is 4.92 Å². The second-order valence-electron chi connectivity index (χ2n) is 2.97. The molecular formula is C9H9N3O2. The van der Waals surface area contributed by atoms with Crippen LogP contribution in [0.4, 0.5) is 5.69 Å². The number of nitrogens with one attached hydrogen (secondary N) is 1. The third-order valence-electron chi connectivity index (χ3n) is 2.20. The Morgan fingerprint density at radius 3 is 2.93 bits per heavy atom. The molecule has 5 heteroatoms. The Labute approximate surface area is 79.7 Å². The Kier molecular flexibility index (Phi) is 1.94. The molecule has 2 aromatic rings. The minimum absolute atomic E-state index is 0.0854. The van der Waals surface area contributed by atoms with Crippen LogP contribution in [0.5, 0.6) is 0 Å². The number of benzene rings is 1. The van der Waals surface area contributed by atoms with E-state index in [1.54, 1.807) is 12.3 Å². The minimum atomic E-state index is -0.404. The molecule has 0 spiro atoms. The van der Waals surface area contributed by atoms with Gasteiger partial charge in [-0.2, -0.15) is 0 Å². The summed E-state index contributed by atoms with van der Waals surface area (Å²) in [5.41, 5.74) is 7.01. The lowest BCUT2D eigenvalue weighted by atomic mass is 10.1. The van der Waals surface area contributed by atoms with E-state index < -0.39 is 4.92 Å². The molecule has 1 aromatic carbocycles. The van der Waals surface area contributed by atoms with Gasteiger partial charge in [0, 0.05) is 24.2 Å². The first-order chi connectivity index (χ1) is 6.74. The lowest BCUT2D eigenvalue weighted by Gasteiger charge is -1.94. The molecule has 0 atom stereocenters. The predicted molar refractivity (Wildman–Crippen MR) is 52.8 cm³/mol. The molecule has 0 radical (unpaired) electrons. The largest absolute Gasteiger partial charge is 0.355 e. The van der Waals surface area contributed by atoms with E-state index in [1.165, 1.54) is 6.07 Å². The van der Waals surface area contributed by atoms with Gasteiger partial charge >= 0.3 is 0 Å². The number of rotatable bonds is 2. The van der Waals surface area contributed by atoms with Crippen LogP contribution in [0.15, 0.2) is 24.4 Å². The number of para-hydroxylation sites is 1. The van der Waals surface area contributed by atoms with E-state index in [4.69, 9.17) is 5.73 Å². The number of hydrogen-bond donors (Lipinski definition) is 2. The monoisotopic (exact) mass is 191 g/mol. The van der Waals surface area contributed by atoms with Crippen molar-refractivity contribution >= 4 is 16.6 Å². The third-order valence-corrected chi connectivity index (χ3v) is 2.20. The van der Waals surface area contributed by atoms with E-state index in [9.17, 15) is 10.1 Å². The van der Waals surface area contributed by atoms with Gasteiger partial charge in [0.25, 0.3) is 5.69 Å². The van der Waals surface area contributed by atoms with Crippen molar-refractivity contribution in [2.75, 3.05) is 0 Å². The van der Waals surface area contributed by atoms with Crippen molar-refractivity contribution in [1.29, 1.82) is 0 Å². The lowest BCUT2D eigenvalue weighted by molar-refractivity contribution is -0.383. The summed E-state index contributed by atoms with van der Waals surface area (Å²) in [6.07, 6.45) is 1.71. The topological polar surface area (TPSA) is 85.0 Å². The number of nitro groups is 1. The molecule has 14 heavy (non-hydrogen) atoms. The summed E-state index contributed by atoms with van der Waals surface area (Å²) < 4.78 is 0. The fraction of sp³-hybridized carbons (Fsp3) is 0.111. The van der Waals surface area contributed by atoms with Gasteiger partial charge in [-0.25, -0.2) is 0 Å². The number of fused-ring (bicyclic) bond motifs is 1. The van der Waals surface area contributed by atoms with Gasteiger partial charge in [-0.1, -0.05) is 12.1 Å². The normalized spacial score (nSPS) is 10.6. The van der Waals surface area contributed by atoms with Gasteiger partial charge in [0.1, 0.15) is 5.52 Å². The van der Waals surface area contributed by atoms with E-state index >= 15 is 0 Å². The fourth-order valence-corrected chi connectivity index (χ4v) is 1.52. The predicted octanol–water partition coefficient (Wildman–Crippen LogP) is 1.53. The van der Waals surface area contributed by atoms with Crippen LogP contribution >= 0.6 is 0 Å². The second kappa shape index (κ2) is 3.12. The molecule has 0 unspecified atom stereocenters. The molecule has 0 aliphatic carbocycles. The highest BCUT2D eigenvalue weighted by molar-refractivity contribution is 5.90. The maximum Gasteiger partial charge on any atom is 0.293 e. The first kappa shape index (κ1) is 8.71. The summed E-state index contributed by atoms with van der Waals surface area (Å²) >= 11 is 0. The lowest BCUT2D eigenvalue weighted by Crippen LogP contribution is -1.94. The highest BCUT2D eigenvalue weighted by Gasteiger charge is 2.13. The summed E-state index contributed by atoms with van der Waals surface area (Å²) in [7, 11) is 0. The maximum atomic E-state index is 10.7. The molecule has 0 saturated carbocycles. The number of nitrogens with two attached hydrogens (primary N) is 1. The number of aromatic nitrogens is 1. The quantitative estimate of drug-likeness (QED) is 0.557. The van der Waals surface area contributed by atoms with Crippen LogP contribution in [-0.2, 0) is 6.54 Å². The molecular weight excluding hydrogens is 182 g/mol. The molecule has 5 nitrogen and oxygen atoms in total. The molecule has 0 aliphatic heterocycles. The summed E-state index contributed by atoms with van der Waals surface area (Å²) in [5, 5.41) is 11.5. The number of hydrogen-bond acceptors (Lipinski definition) is 3. The number of nitrogens with zero attached hydrogens (tertiary/aromatic N) is 1. The molecule has 3 N–H and O–H groups in total. The van der Waals surface area contributed by atoms with Crippen molar-refractivity contribution in [2.24, 2.45) is 5.73 Å². The van der Waals surface area contributed by atoms with E-state index in [0.717, 1.165) is 10.9 Å². The van der Waals surface area contributed by atoms with Crippen LogP contribution in [-0.4, -0.2) is 9.91 Å². The van der Waals surface area contributed by atoms with Gasteiger partial charge in [-0.15, -0.1) is 0 Å². The zero-order chi connectivity index (χ0) is 10.1. The number of non-ortho nitro benzene ring substituents is 1. The summed E-state index contributed by atoms with van der Waals surface area (Å²) in [4.78, 5) is 13.1. The van der Waals surface area contributed by atoms with Gasteiger partial charge in [-0.3, -0.25) is 10.1 Å². The van der Waals surface area contributed by atoms with E-state index in [-0.39, 0.29) is 5.69 Å². The van der Waals surface area contributed by atoms with Crippen molar-refractivity contribution in [1.82, 2.24) is 4.98 Å². The van der Waals surface area contributed by atoms with Crippen LogP contribution in [0.3, 0.4) is 0 Å². The van der Waals surface area contributed by atoms with Gasteiger partial charge in [0.05, 0.1) is 4.92 Å². The molecule has 0 aliphatic rings. The fourth-order valence-electron chi connectivity index (χ4n) is 1.52. The highest BCUT2D eigenvalue weighted by Crippen LogP contribution is 2.26. The van der Waals surface area contributed by atoms with Crippen molar-refractivity contribution in [2.45, 2.75) is 6.54 Å². The molecule has 1 heterocycles. The van der Waals surface area contributed by atoms with Crippen LogP contribution in [0, 0.1) is 10.1 Å². The average Bonchev–Trinajstić information content (AvgIpc) is 2.59. The Bertz CT molecular complexity index is 490. The standard InChI is InChI=1S/C9H9N3O2/c10-4-6-5-11-9-7(6)2-1-3-8(9)12(13)14/h1-3,5,11H,4,10H2. The highest BCUT2D eigenvalue weighted by atomic mass is 16.6. The zero-order valence-corrected chi connectivity index (χ0v) is 7.36. The van der Waals surface area contributed by atoms with Crippen LogP contribution in [0.1, 0.15) is 5.56 Å². The van der Waals surface area contributed by atoms with Gasteiger partial charge < -0.3 is 10.7 Å². The Hall–Kier alpha value is -1.88. The van der Waals surface area contributed by atoms with Crippen LogP contribution in [0.25, 0.3) is 10.9 Å². The zero-order valence-electron chi connectivity index (χ0n) is 7.36. The first-order valence-electron chi connectivity index (χ1n) is 4.17. The molecule has 0 fully saturated rings. The Balaban J connectivity index is 2.76. The molecule has 0 saturated heterocycles. The Morgan fingerprint density at radius 1 is 1.50 bits per heavy atom. The number of aromatic amines is 1. The van der Waals surface area contributed by atoms with E-state index in [0.29, 0.717) is 12.1 Å². The summed E-state index contributed by atoms with van der Waals surface area (Å²) in [6.45, 7) is 0.376. The number of H-pyrrole nitrogens is 1. The maximum absolute atomic E-state index is 10.7. The summed E-state index contributed by atoms with van der Waals surface area (Å²) in [6, 6.07) is 4.95. The first-order valence-corrected chi connectivity index (χ1v) is 4.17. The van der Waals surface area contributed by atoms with E-state index in [1.807, 2.05) is 6.07 Å². The minimum Gasteiger partial charge on any atom is -0.355 e. The van der Waals surface area contributed by atoms with E-state index in [2.05, 4.69) is 4.98 Å². The SMILES string of the molecule is NCc1c[nH]c2c([N+](=O)[O-])cccc12. The van der Waals surface area contributed by atoms with Gasteiger partial charge in [0.2, 0.25) is 0 Å².